The van der Waals surface area contributed by atoms with Crippen molar-refractivity contribution in [2.24, 2.45) is 0 Å². The Morgan fingerprint density at radius 3 is 2.45 bits per heavy atom. The van der Waals surface area contributed by atoms with Gasteiger partial charge in [-0.05, 0) is 50.3 Å². The zero-order valence-electron chi connectivity index (χ0n) is 12.9. The number of hydrogen-bond acceptors (Lipinski definition) is 4. The van der Waals surface area contributed by atoms with Gasteiger partial charge in [0.15, 0.2) is 9.84 Å². The van der Waals surface area contributed by atoms with E-state index in [1.165, 1.54) is 18.9 Å². The summed E-state index contributed by atoms with van der Waals surface area (Å²) in [7, 11) is -3.31. The van der Waals surface area contributed by atoms with E-state index < -0.39 is 9.84 Å². The van der Waals surface area contributed by atoms with Gasteiger partial charge in [-0.3, -0.25) is 4.79 Å². The van der Waals surface area contributed by atoms with E-state index in [0.717, 1.165) is 24.7 Å². The molecule has 2 aliphatic heterocycles. The lowest BCUT2D eigenvalue weighted by Gasteiger charge is -2.29. The summed E-state index contributed by atoms with van der Waals surface area (Å²) in [5.41, 5.74) is 1.25. The fourth-order valence-electron chi connectivity index (χ4n) is 3.51. The second-order valence-corrected chi connectivity index (χ2v) is 8.54. The van der Waals surface area contributed by atoms with E-state index >= 15 is 0 Å². The van der Waals surface area contributed by atoms with Gasteiger partial charge in [0.05, 0.1) is 4.90 Å². The van der Waals surface area contributed by atoms with Gasteiger partial charge < -0.3 is 10.6 Å². The monoisotopic (exact) mass is 322 g/mol. The van der Waals surface area contributed by atoms with Gasteiger partial charge in [-0.15, -0.1) is 0 Å². The summed E-state index contributed by atoms with van der Waals surface area (Å²) in [6, 6.07) is 5.91. The largest absolute Gasteiger partial charge is 0.349 e. The van der Waals surface area contributed by atoms with Crippen LogP contribution in [0.3, 0.4) is 0 Å². The molecule has 2 unspecified atom stereocenters. The number of hydrogen-bond donors (Lipinski definition) is 2. The van der Waals surface area contributed by atoms with Crippen molar-refractivity contribution in [1.82, 2.24) is 10.6 Å². The Bertz CT molecular complexity index is 687. The molecular formula is C16H22N2O3S. The van der Waals surface area contributed by atoms with Crippen LogP contribution in [-0.2, 0) is 9.84 Å². The SMILES string of the molecule is Cc1ccc(S(C)(=O)=O)cc1C(=O)NC1CC2CCC(C1)N2. The number of piperidine rings is 1. The number of sulfone groups is 1. The molecule has 3 rings (SSSR count). The van der Waals surface area contributed by atoms with Crippen LogP contribution in [0.4, 0.5) is 0 Å². The molecule has 0 saturated carbocycles. The minimum Gasteiger partial charge on any atom is -0.349 e. The fourth-order valence-corrected chi connectivity index (χ4v) is 4.16. The van der Waals surface area contributed by atoms with Crippen molar-refractivity contribution >= 4 is 15.7 Å². The maximum absolute atomic E-state index is 12.5. The molecule has 120 valence electrons. The van der Waals surface area contributed by atoms with Gasteiger partial charge in [0.1, 0.15) is 0 Å². The first-order valence-electron chi connectivity index (χ1n) is 7.70. The summed E-state index contributed by atoms with van der Waals surface area (Å²) in [5, 5.41) is 6.62. The summed E-state index contributed by atoms with van der Waals surface area (Å²) >= 11 is 0. The van der Waals surface area contributed by atoms with Crippen molar-refractivity contribution in [2.75, 3.05) is 6.26 Å². The van der Waals surface area contributed by atoms with E-state index in [9.17, 15) is 13.2 Å². The predicted octanol–water partition coefficient (Wildman–Crippen LogP) is 1.41. The van der Waals surface area contributed by atoms with Crippen molar-refractivity contribution in [3.63, 3.8) is 0 Å². The summed E-state index contributed by atoms with van der Waals surface area (Å²) in [6.07, 6.45) is 5.42. The Kier molecular flexibility index (Phi) is 3.99. The number of benzene rings is 1. The molecule has 2 atom stereocenters. The van der Waals surface area contributed by atoms with Crippen LogP contribution < -0.4 is 10.6 Å². The van der Waals surface area contributed by atoms with Gasteiger partial charge in [-0.25, -0.2) is 8.42 Å². The van der Waals surface area contributed by atoms with Gasteiger partial charge in [-0.2, -0.15) is 0 Å². The first-order chi connectivity index (χ1) is 10.3. The number of rotatable bonds is 3. The number of amides is 1. The number of aryl methyl sites for hydroxylation is 1. The normalized spacial score (nSPS) is 27.6. The van der Waals surface area contributed by atoms with Gasteiger partial charge >= 0.3 is 0 Å². The van der Waals surface area contributed by atoms with Crippen LogP contribution in [0.1, 0.15) is 41.6 Å². The molecule has 5 nitrogen and oxygen atoms in total. The molecule has 1 aromatic carbocycles. The third-order valence-corrected chi connectivity index (χ3v) is 5.80. The topological polar surface area (TPSA) is 75.3 Å². The lowest BCUT2D eigenvalue weighted by atomic mass is 9.99. The molecular weight excluding hydrogens is 300 g/mol. The smallest absolute Gasteiger partial charge is 0.251 e. The average Bonchev–Trinajstić information content (AvgIpc) is 2.77. The third-order valence-electron chi connectivity index (χ3n) is 4.69. The first kappa shape index (κ1) is 15.5. The molecule has 0 aromatic heterocycles. The summed E-state index contributed by atoms with van der Waals surface area (Å²) in [4.78, 5) is 12.7. The molecule has 1 amide bonds. The molecule has 2 saturated heterocycles. The van der Waals surface area contributed by atoms with Crippen LogP contribution in [0.2, 0.25) is 0 Å². The van der Waals surface area contributed by atoms with Crippen molar-refractivity contribution < 1.29 is 13.2 Å². The van der Waals surface area contributed by atoms with Gasteiger partial charge in [0.25, 0.3) is 5.91 Å². The van der Waals surface area contributed by atoms with Crippen molar-refractivity contribution in [1.29, 1.82) is 0 Å². The van der Waals surface area contributed by atoms with Crippen LogP contribution in [-0.4, -0.2) is 38.7 Å². The van der Waals surface area contributed by atoms with E-state index in [2.05, 4.69) is 10.6 Å². The van der Waals surface area contributed by atoms with E-state index in [1.54, 1.807) is 12.1 Å². The van der Waals surface area contributed by atoms with Crippen LogP contribution in [0.25, 0.3) is 0 Å². The lowest BCUT2D eigenvalue weighted by Crippen LogP contribution is -2.48. The van der Waals surface area contributed by atoms with E-state index in [-0.39, 0.29) is 16.8 Å². The standard InChI is InChI=1S/C16H22N2O3S/c1-10-3-6-14(22(2,20)21)9-15(10)16(19)18-13-7-11-4-5-12(8-13)17-11/h3,6,9,11-13,17H,4-5,7-8H2,1-2H3,(H,18,19). The summed E-state index contributed by atoms with van der Waals surface area (Å²) < 4.78 is 23.3. The maximum atomic E-state index is 12.5. The zero-order valence-corrected chi connectivity index (χ0v) is 13.7. The second kappa shape index (κ2) is 5.66. The van der Waals surface area contributed by atoms with Gasteiger partial charge in [-0.1, -0.05) is 6.07 Å². The molecule has 2 N–H and O–H groups in total. The van der Waals surface area contributed by atoms with Gasteiger partial charge in [0.2, 0.25) is 0 Å². The summed E-state index contributed by atoms with van der Waals surface area (Å²) in [6.45, 7) is 1.83. The van der Waals surface area contributed by atoms with Crippen molar-refractivity contribution in [2.45, 2.75) is 55.6 Å². The summed E-state index contributed by atoms with van der Waals surface area (Å²) in [5.74, 6) is -0.172. The Morgan fingerprint density at radius 1 is 1.23 bits per heavy atom. The lowest BCUT2D eigenvalue weighted by molar-refractivity contribution is 0.0923. The van der Waals surface area contributed by atoms with Crippen LogP contribution in [0.15, 0.2) is 23.1 Å². The minimum atomic E-state index is -3.31. The molecule has 2 fully saturated rings. The van der Waals surface area contributed by atoms with Crippen LogP contribution >= 0.6 is 0 Å². The average molecular weight is 322 g/mol. The maximum Gasteiger partial charge on any atom is 0.251 e. The highest BCUT2D eigenvalue weighted by atomic mass is 32.2. The molecule has 0 radical (unpaired) electrons. The molecule has 22 heavy (non-hydrogen) atoms. The van der Waals surface area contributed by atoms with Crippen molar-refractivity contribution in [3.05, 3.63) is 29.3 Å². The van der Waals surface area contributed by atoms with Gasteiger partial charge in [0, 0.05) is 29.9 Å². The van der Waals surface area contributed by atoms with Crippen LogP contribution in [0, 0.1) is 6.92 Å². The second-order valence-electron chi connectivity index (χ2n) is 6.53. The highest BCUT2D eigenvalue weighted by molar-refractivity contribution is 7.90. The molecule has 6 heteroatoms. The number of carbonyl (C=O) groups is 1. The Balaban J connectivity index is 1.77. The first-order valence-corrected chi connectivity index (χ1v) is 9.59. The molecule has 0 spiro atoms. The minimum absolute atomic E-state index is 0.172. The zero-order chi connectivity index (χ0) is 15.9. The highest BCUT2D eigenvalue weighted by Gasteiger charge is 2.34. The third kappa shape index (κ3) is 3.17. The Morgan fingerprint density at radius 2 is 1.86 bits per heavy atom. The Labute approximate surface area is 131 Å². The van der Waals surface area contributed by atoms with E-state index in [4.69, 9.17) is 0 Å². The molecule has 2 aliphatic rings. The highest BCUT2D eigenvalue weighted by Crippen LogP contribution is 2.27. The van der Waals surface area contributed by atoms with E-state index in [0.29, 0.717) is 17.6 Å². The molecule has 1 aromatic rings. The molecule has 2 heterocycles. The van der Waals surface area contributed by atoms with Crippen LogP contribution in [0.5, 0.6) is 0 Å². The fraction of sp³-hybridized carbons (Fsp3) is 0.562. The Hall–Kier alpha value is -1.40. The molecule has 0 aliphatic carbocycles. The number of fused-ring (bicyclic) bond motifs is 2. The number of carbonyl (C=O) groups excluding carboxylic acids is 1. The molecule has 2 bridgehead atoms. The number of nitrogens with one attached hydrogen (secondary N) is 2. The van der Waals surface area contributed by atoms with Crippen molar-refractivity contribution in [3.8, 4) is 0 Å². The van der Waals surface area contributed by atoms with E-state index in [1.807, 2.05) is 6.92 Å². The quantitative estimate of drug-likeness (QED) is 0.882. The predicted molar refractivity (Wildman–Crippen MR) is 84.7 cm³/mol.